The molecular weight excluding hydrogens is 396 g/mol. The lowest BCUT2D eigenvalue weighted by Gasteiger charge is -2.24. The summed E-state index contributed by atoms with van der Waals surface area (Å²) in [5.74, 6) is 1.80. The van der Waals surface area contributed by atoms with Crippen molar-refractivity contribution in [2.75, 3.05) is 0 Å². The Morgan fingerprint density at radius 3 is 0.788 bits per heavy atom. The molecule has 0 aliphatic heterocycles. The highest BCUT2D eigenvalue weighted by Gasteiger charge is 2.17. The third kappa shape index (κ3) is 24.9. The van der Waals surface area contributed by atoms with Gasteiger partial charge in [-0.15, -0.1) is 0 Å². The van der Waals surface area contributed by atoms with Gasteiger partial charge in [0.15, 0.2) is 0 Å². The highest BCUT2D eigenvalue weighted by Crippen LogP contribution is 2.30. The highest BCUT2D eigenvalue weighted by atomic mass is 14.2. The summed E-state index contributed by atoms with van der Waals surface area (Å²) < 4.78 is 0. The van der Waals surface area contributed by atoms with E-state index in [1.165, 1.54) is 167 Å². The lowest BCUT2D eigenvalue weighted by Crippen LogP contribution is -2.12. The van der Waals surface area contributed by atoms with Gasteiger partial charge in [-0.2, -0.15) is 0 Å². The third-order valence-corrected chi connectivity index (χ3v) is 7.76. The monoisotopic (exact) mass is 464 g/mol. The summed E-state index contributed by atoms with van der Waals surface area (Å²) in [6.07, 6.45) is 40.5. The molecule has 0 aliphatic carbocycles. The second-order valence-corrected chi connectivity index (χ2v) is 11.2. The van der Waals surface area contributed by atoms with Crippen LogP contribution in [-0.2, 0) is 0 Å². The van der Waals surface area contributed by atoms with Crippen molar-refractivity contribution in [1.82, 2.24) is 0 Å². The molecule has 0 aliphatic rings. The molecule has 0 saturated carbocycles. The fourth-order valence-electron chi connectivity index (χ4n) is 5.45. The maximum Gasteiger partial charge on any atom is -0.0324 e. The molecule has 1 unspecified atom stereocenters. The number of hydrogen-bond donors (Lipinski definition) is 0. The number of hydrogen-bond acceptors (Lipinski definition) is 0. The van der Waals surface area contributed by atoms with E-state index in [4.69, 9.17) is 0 Å². The van der Waals surface area contributed by atoms with Crippen molar-refractivity contribution in [2.24, 2.45) is 11.8 Å². The standard InChI is InChI=1S/C33H67/c1-5-9-13-17-20-24-28-32(27-23-16-12-8-4)31-33(29-25-21-18-14-10-6-2)30-26-22-19-15-11-7-3/h31-33H,5-30H2,1-4H3. The van der Waals surface area contributed by atoms with E-state index in [1.54, 1.807) is 0 Å². The van der Waals surface area contributed by atoms with Gasteiger partial charge in [0.2, 0.25) is 0 Å². The van der Waals surface area contributed by atoms with Crippen LogP contribution in [0.2, 0.25) is 0 Å². The quantitative estimate of drug-likeness (QED) is 0.101. The lowest BCUT2D eigenvalue weighted by molar-refractivity contribution is 0.364. The summed E-state index contributed by atoms with van der Waals surface area (Å²) in [7, 11) is 0. The van der Waals surface area contributed by atoms with Gasteiger partial charge in [-0.3, -0.25) is 0 Å². The second kappa shape index (κ2) is 28.2. The lowest BCUT2D eigenvalue weighted by atomic mass is 9.82. The second-order valence-electron chi connectivity index (χ2n) is 11.2. The smallest absolute Gasteiger partial charge is 0.0324 e. The molecule has 0 spiro atoms. The van der Waals surface area contributed by atoms with E-state index in [2.05, 4.69) is 34.1 Å². The maximum absolute atomic E-state index is 2.90. The molecule has 0 bridgehead atoms. The van der Waals surface area contributed by atoms with Gasteiger partial charge < -0.3 is 0 Å². The van der Waals surface area contributed by atoms with Crippen LogP contribution in [0.15, 0.2) is 0 Å². The minimum absolute atomic E-state index is 0.901. The van der Waals surface area contributed by atoms with Crippen LogP contribution in [0.5, 0.6) is 0 Å². The molecule has 0 aromatic carbocycles. The maximum atomic E-state index is 2.90. The van der Waals surface area contributed by atoms with Gasteiger partial charge in [0.1, 0.15) is 0 Å². The molecule has 1 radical (unpaired) electrons. The molecule has 0 aromatic rings. The Kier molecular flexibility index (Phi) is 28.2. The SMILES string of the molecule is CCCCCCCCC([CH]C(CCCCCCCC)CCCCCCCC)CCCCCC. The van der Waals surface area contributed by atoms with Gasteiger partial charge >= 0.3 is 0 Å². The molecular formula is C33H67. The Balaban J connectivity index is 4.52. The van der Waals surface area contributed by atoms with E-state index in [-0.39, 0.29) is 0 Å². The van der Waals surface area contributed by atoms with Gasteiger partial charge in [-0.05, 0) is 18.3 Å². The van der Waals surface area contributed by atoms with Crippen molar-refractivity contribution < 1.29 is 0 Å². The zero-order valence-electron chi connectivity index (χ0n) is 24.1. The summed E-state index contributed by atoms with van der Waals surface area (Å²) in [6.45, 7) is 9.33. The topological polar surface area (TPSA) is 0 Å². The minimum atomic E-state index is 0.901. The molecule has 0 saturated heterocycles. The van der Waals surface area contributed by atoms with E-state index in [1.807, 2.05) is 0 Å². The Morgan fingerprint density at radius 1 is 0.303 bits per heavy atom. The van der Waals surface area contributed by atoms with Gasteiger partial charge in [0.25, 0.3) is 0 Å². The molecule has 0 amide bonds. The zero-order chi connectivity index (χ0) is 24.2. The van der Waals surface area contributed by atoms with Crippen molar-refractivity contribution in [3.63, 3.8) is 0 Å². The number of unbranched alkanes of at least 4 members (excludes halogenated alkanes) is 18. The summed E-state index contributed by atoms with van der Waals surface area (Å²) >= 11 is 0. The van der Waals surface area contributed by atoms with Crippen molar-refractivity contribution in [1.29, 1.82) is 0 Å². The molecule has 0 nitrogen and oxygen atoms in total. The molecule has 0 heteroatoms. The first-order valence-electron chi connectivity index (χ1n) is 16.1. The van der Waals surface area contributed by atoms with Crippen LogP contribution in [0.1, 0.15) is 195 Å². The Hall–Kier alpha value is 0. The van der Waals surface area contributed by atoms with Crippen LogP contribution in [0.25, 0.3) is 0 Å². The van der Waals surface area contributed by atoms with Gasteiger partial charge in [0.05, 0.1) is 0 Å². The summed E-state index contributed by atoms with van der Waals surface area (Å²) in [4.78, 5) is 0. The first-order chi connectivity index (χ1) is 16.3. The normalized spacial score (nSPS) is 12.6. The molecule has 1 atom stereocenters. The fourth-order valence-corrected chi connectivity index (χ4v) is 5.45. The Bertz CT molecular complexity index is 317. The van der Waals surface area contributed by atoms with Crippen molar-refractivity contribution in [3.05, 3.63) is 6.42 Å². The summed E-state index contributed by atoms with van der Waals surface area (Å²) in [6, 6.07) is 0. The van der Waals surface area contributed by atoms with Crippen molar-refractivity contribution in [2.45, 2.75) is 195 Å². The average molecular weight is 464 g/mol. The van der Waals surface area contributed by atoms with Crippen LogP contribution in [-0.4, -0.2) is 0 Å². The fraction of sp³-hybridized carbons (Fsp3) is 0.970. The zero-order valence-corrected chi connectivity index (χ0v) is 24.1. The Labute approximate surface area is 212 Å². The highest BCUT2D eigenvalue weighted by molar-refractivity contribution is 4.84. The molecule has 0 rings (SSSR count). The summed E-state index contributed by atoms with van der Waals surface area (Å²) in [5, 5.41) is 0. The van der Waals surface area contributed by atoms with Crippen LogP contribution < -0.4 is 0 Å². The molecule has 0 fully saturated rings. The van der Waals surface area contributed by atoms with Crippen LogP contribution in [0.4, 0.5) is 0 Å². The van der Waals surface area contributed by atoms with E-state index in [0.29, 0.717) is 0 Å². The predicted molar refractivity (Wildman–Crippen MR) is 154 cm³/mol. The largest absolute Gasteiger partial charge is 0.0654 e. The van der Waals surface area contributed by atoms with E-state index >= 15 is 0 Å². The minimum Gasteiger partial charge on any atom is -0.0654 e. The van der Waals surface area contributed by atoms with E-state index < -0.39 is 0 Å². The Morgan fingerprint density at radius 2 is 0.515 bits per heavy atom. The van der Waals surface area contributed by atoms with Crippen LogP contribution >= 0.6 is 0 Å². The van der Waals surface area contributed by atoms with E-state index in [0.717, 1.165) is 11.8 Å². The first-order valence-corrected chi connectivity index (χ1v) is 16.1. The summed E-state index contributed by atoms with van der Waals surface area (Å²) in [5.41, 5.74) is 0. The van der Waals surface area contributed by atoms with E-state index in [9.17, 15) is 0 Å². The predicted octanol–water partition coefficient (Wildman–Crippen LogP) is 12.6. The first kappa shape index (κ1) is 33.0. The molecule has 0 N–H and O–H groups in total. The average Bonchev–Trinajstić information content (AvgIpc) is 2.82. The van der Waals surface area contributed by atoms with Crippen molar-refractivity contribution >= 4 is 0 Å². The van der Waals surface area contributed by atoms with Crippen LogP contribution in [0, 0.1) is 18.3 Å². The van der Waals surface area contributed by atoms with Crippen LogP contribution in [0.3, 0.4) is 0 Å². The van der Waals surface area contributed by atoms with Gasteiger partial charge in [-0.25, -0.2) is 0 Å². The molecule has 33 heavy (non-hydrogen) atoms. The molecule has 0 heterocycles. The van der Waals surface area contributed by atoms with Gasteiger partial charge in [0, 0.05) is 0 Å². The molecule has 0 aromatic heterocycles. The molecule has 199 valence electrons. The third-order valence-electron chi connectivity index (χ3n) is 7.76. The van der Waals surface area contributed by atoms with Crippen molar-refractivity contribution in [3.8, 4) is 0 Å². The van der Waals surface area contributed by atoms with Gasteiger partial charge in [-0.1, -0.05) is 195 Å². The number of rotatable bonds is 28.